The Balaban J connectivity index is 1.47. The van der Waals surface area contributed by atoms with Crippen LogP contribution in [0.2, 0.25) is 0 Å². The molecule has 0 aliphatic carbocycles. The van der Waals surface area contributed by atoms with Crippen molar-refractivity contribution in [2.45, 2.75) is 148 Å². The lowest BCUT2D eigenvalue weighted by atomic mass is 9.93. The van der Waals surface area contributed by atoms with Gasteiger partial charge in [-0.15, -0.1) is 0 Å². The van der Waals surface area contributed by atoms with Crippen LogP contribution in [0.3, 0.4) is 0 Å². The third-order valence-corrected chi connectivity index (χ3v) is 11.4. The van der Waals surface area contributed by atoms with Crippen molar-refractivity contribution < 1.29 is 87.6 Å². The Hall–Kier alpha value is -6.99. The first kappa shape index (κ1) is 55.6. The van der Waals surface area contributed by atoms with E-state index >= 15 is 17.6 Å². The van der Waals surface area contributed by atoms with E-state index in [-0.39, 0.29) is 24.0 Å². The van der Waals surface area contributed by atoms with E-state index < -0.39 is 176 Å². The third-order valence-electron chi connectivity index (χ3n) is 10.2. The summed E-state index contributed by atoms with van der Waals surface area (Å²) in [6, 6.07) is 1.19. The number of aromatic nitrogens is 2. The molecule has 0 amide bonds. The first-order chi connectivity index (χ1) is 32.0. The molecule has 0 radical (unpaired) electrons. The van der Waals surface area contributed by atoms with Crippen LogP contribution in [0.25, 0.3) is 21.5 Å². The highest BCUT2D eigenvalue weighted by molar-refractivity contribution is 7.87. The van der Waals surface area contributed by atoms with Crippen LogP contribution in [0, 0.1) is 23.3 Å². The van der Waals surface area contributed by atoms with Crippen molar-refractivity contribution in [1.29, 1.82) is 0 Å². The summed E-state index contributed by atoms with van der Waals surface area (Å²) < 4.78 is 116. The van der Waals surface area contributed by atoms with Crippen LogP contribution in [0.5, 0.6) is 5.75 Å². The summed E-state index contributed by atoms with van der Waals surface area (Å²) in [5, 5.41) is -3.04. The van der Waals surface area contributed by atoms with Crippen molar-refractivity contribution in [3.63, 3.8) is 0 Å². The second-order valence-electron chi connectivity index (χ2n) is 18.3. The topological polar surface area (TPSA) is 279 Å². The molecule has 0 saturated carbocycles. The Bertz CT molecular complexity index is 3020. The zero-order valence-corrected chi connectivity index (χ0v) is 40.2. The molecule has 21 nitrogen and oxygen atoms in total. The van der Waals surface area contributed by atoms with Crippen LogP contribution < -0.4 is 36.1 Å². The van der Waals surface area contributed by atoms with Crippen LogP contribution in [-0.4, -0.2) is 76.1 Å². The van der Waals surface area contributed by atoms with Gasteiger partial charge in [0, 0.05) is 13.8 Å². The lowest BCUT2D eigenvalue weighted by Crippen LogP contribution is -2.36. The fourth-order valence-electron chi connectivity index (χ4n) is 6.74. The van der Waals surface area contributed by atoms with E-state index in [0.29, 0.717) is 18.6 Å². The maximum Gasteiger partial charge on any atom is 0.363 e. The zero-order valence-electron chi connectivity index (χ0n) is 39.4. The highest BCUT2D eigenvalue weighted by Gasteiger charge is 2.38. The average Bonchev–Trinajstić information content (AvgIpc) is 3.58. The van der Waals surface area contributed by atoms with E-state index in [9.17, 15) is 56.4 Å². The van der Waals surface area contributed by atoms with E-state index in [1.807, 2.05) is 0 Å². The molecule has 382 valence electrons. The molecule has 0 N–H and O–H groups in total. The summed E-state index contributed by atoms with van der Waals surface area (Å²) in [6.07, 6.45) is -2.09. The second kappa shape index (κ2) is 20.5. The number of ether oxygens (including phenoxy) is 5. The van der Waals surface area contributed by atoms with Gasteiger partial charge in [-0.3, -0.25) is 47.4 Å². The minimum atomic E-state index is -6.25. The number of halogens is 4. The van der Waals surface area contributed by atoms with Gasteiger partial charge in [0.25, 0.3) is 22.2 Å². The summed E-state index contributed by atoms with van der Waals surface area (Å²) in [4.78, 5) is 128. The molecule has 0 bridgehead atoms. The Morgan fingerprint density at radius 1 is 0.486 bits per heavy atom. The minimum absolute atomic E-state index is 0.0487. The molecule has 4 aromatic rings. The van der Waals surface area contributed by atoms with Crippen molar-refractivity contribution in [2.24, 2.45) is 0 Å². The van der Waals surface area contributed by atoms with E-state index in [1.165, 1.54) is 27.7 Å². The van der Waals surface area contributed by atoms with Crippen LogP contribution in [0.4, 0.5) is 17.6 Å². The number of rotatable bonds is 21. The Labute approximate surface area is 394 Å². The fourth-order valence-corrected chi connectivity index (χ4v) is 7.77. The fraction of sp³-hybridized carbons (Fsp3) is 0.500. The number of carbonyl (C=O) groups excluding carboxylic acids is 6. The Morgan fingerprint density at radius 3 is 1.16 bits per heavy atom. The van der Waals surface area contributed by atoms with E-state index in [1.54, 1.807) is 41.5 Å². The van der Waals surface area contributed by atoms with E-state index in [4.69, 9.17) is 23.8 Å². The molecular weight excluding hydrogens is 969 g/mol. The molecule has 0 saturated heterocycles. The number of nitrogens with zero attached hydrogens (tertiary/aromatic N) is 2. The molecule has 2 heterocycles. The number of esters is 5. The van der Waals surface area contributed by atoms with E-state index in [0.717, 1.165) is 0 Å². The minimum Gasteiger partial charge on any atom is -0.460 e. The monoisotopic (exact) mass is 1020 g/mol. The predicted molar refractivity (Wildman–Crippen MR) is 231 cm³/mol. The van der Waals surface area contributed by atoms with Crippen LogP contribution >= 0.6 is 0 Å². The number of benzene rings is 2. The Kier molecular flexibility index (Phi) is 16.3. The largest absolute Gasteiger partial charge is 0.460 e. The maximum absolute atomic E-state index is 15.3. The highest BCUT2D eigenvalue weighted by atomic mass is 32.2. The van der Waals surface area contributed by atoms with E-state index in [2.05, 4.69) is 9.02 Å². The molecule has 2 aromatic carbocycles. The maximum atomic E-state index is 15.3. The number of hydrogen-bond acceptors (Lipinski definition) is 19. The molecule has 0 unspecified atom stereocenters. The molecule has 0 spiro atoms. The van der Waals surface area contributed by atoms with Crippen molar-refractivity contribution in [3.8, 4) is 5.75 Å². The van der Waals surface area contributed by atoms with Gasteiger partial charge in [0.05, 0.1) is 47.2 Å². The van der Waals surface area contributed by atoms with Gasteiger partial charge in [0.2, 0.25) is 17.4 Å². The standard InChI is InChI=1S/C44H48F4N2O19S/c1-21(51)64-41(3,4)15-17-43(7,8)66-28(54)12-11-27(53)63-35-31(45)33(47)36(34(48)32(35)46)70(61,62)69-50-39(59)25-19-23-24(20-26(25)40(50)60)38(58)49(37(23)57)68-30(56)14-13-29(55)67-44(9,10)18-16-42(5,6)65-22(2)52/h19-20H,11-18H2,1-10H3. The zero-order chi connectivity index (χ0) is 53.2. The normalized spacial score (nSPS) is 12.4. The summed E-state index contributed by atoms with van der Waals surface area (Å²) in [6.45, 7) is 15.1. The van der Waals surface area contributed by atoms with Gasteiger partial charge in [-0.2, -0.15) is 17.2 Å². The summed E-state index contributed by atoms with van der Waals surface area (Å²) in [7, 11) is -6.25. The van der Waals surface area contributed by atoms with Gasteiger partial charge in [0.15, 0.2) is 16.5 Å². The highest BCUT2D eigenvalue weighted by Crippen LogP contribution is 2.34. The van der Waals surface area contributed by atoms with Gasteiger partial charge < -0.3 is 28.5 Å². The first-order valence-corrected chi connectivity index (χ1v) is 22.4. The summed E-state index contributed by atoms with van der Waals surface area (Å²) in [5.74, 6) is -18.7. The number of hydrogen-bond donors (Lipinski definition) is 0. The summed E-state index contributed by atoms with van der Waals surface area (Å²) in [5.41, 5.74) is -10.3. The molecule has 2 aromatic heterocycles. The van der Waals surface area contributed by atoms with Crippen molar-refractivity contribution in [3.05, 3.63) is 76.8 Å². The molecule has 0 atom stereocenters. The van der Waals surface area contributed by atoms with Gasteiger partial charge in [-0.1, -0.05) is 9.46 Å². The molecular formula is C44H48F4N2O19S. The van der Waals surface area contributed by atoms with Crippen LogP contribution in [0.1, 0.15) is 121 Å². The molecule has 4 rings (SSSR count). The van der Waals surface area contributed by atoms with Gasteiger partial charge >= 0.3 is 45.9 Å². The lowest BCUT2D eigenvalue weighted by Gasteiger charge is -2.30. The smallest absolute Gasteiger partial charge is 0.363 e. The van der Waals surface area contributed by atoms with Crippen LogP contribution in [0.15, 0.2) is 36.2 Å². The molecule has 26 heteroatoms. The predicted octanol–water partition coefficient (Wildman–Crippen LogP) is 3.59. The van der Waals surface area contributed by atoms with Gasteiger partial charge in [-0.05, 0) is 93.2 Å². The quantitative estimate of drug-likeness (QED) is 0.0379. The molecule has 0 aliphatic heterocycles. The average molecular weight is 1020 g/mol. The lowest BCUT2D eigenvalue weighted by molar-refractivity contribution is -0.164. The second-order valence-corrected chi connectivity index (χ2v) is 19.8. The molecule has 70 heavy (non-hydrogen) atoms. The molecule has 0 fully saturated rings. The molecule has 0 aliphatic rings. The third kappa shape index (κ3) is 13.4. The van der Waals surface area contributed by atoms with Gasteiger partial charge in [0.1, 0.15) is 22.4 Å². The van der Waals surface area contributed by atoms with Gasteiger partial charge in [-0.25, -0.2) is 13.6 Å². The van der Waals surface area contributed by atoms with Crippen molar-refractivity contribution in [1.82, 2.24) is 9.46 Å². The summed E-state index contributed by atoms with van der Waals surface area (Å²) >= 11 is 0. The Morgan fingerprint density at radius 2 is 0.800 bits per heavy atom. The van der Waals surface area contributed by atoms with Crippen molar-refractivity contribution >= 4 is 67.5 Å². The van der Waals surface area contributed by atoms with Crippen LogP contribution in [-0.2, 0) is 57.8 Å². The number of carbonyl (C=O) groups is 6. The SMILES string of the molecule is CC(=O)OC(C)(C)CCC(C)(C)OC(=O)CCC(=O)Oc1c(F)c(F)c(S(=O)(=O)On2c(=O)c3cc4c(=O)n(OC(=O)CCC(=O)OC(C)(C)CCC(C)(C)OC(C)=O)c(=O)c4cc3c2=O)c(F)c1F. The number of fused-ring (bicyclic) bond motifs is 2. The first-order valence-electron chi connectivity index (χ1n) is 21.0. The van der Waals surface area contributed by atoms with Crippen molar-refractivity contribution in [2.75, 3.05) is 0 Å².